The number of fused-ring (bicyclic) bond motifs is 1. The van der Waals surface area contributed by atoms with Crippen molar-refractivity contribution in [2.24, 2.45) is 7.05 Å². The van der Waals surface area contributed by atoms with Gasteiger partial charge in [0, 0.05) is 39.1 Å². The third-order valence-electron chi connectivity index (χ3n) is 8.00. The Balaban J connectivity index is 1.42. The van der Waals surface area contributed by atoms with Gasteiger partial charge in [-0.15, -0.1) is 0 Å². The molecule has 5 rings (SSSR count). The Hall–Kier alpha value is -3.08. The van der Waals surface area contributed by atoms with Crippen LogP contribution < -0.4 is 15.3 Å². The summed E-state index contributed by atoms with van der Waals surface area (Å²) < 4.78 is 54.7. The number of nitrogens with zero attached hydrogens (tertiary/aromatic N) is 5. The number of benzene rings is 1. The van der Waals surface area contributed by atoms with Crippen molar-refractivity contribution < 1.29 is 22.6 Å². The third-order valence-corrected chi connectivity index (χ3v) is 8.00. The molecule has 2 aromatic heterocycles. The minimum atomic E-state index is -4.39. The largest absolute Gasteiger partial charge is 0.487 e. The van der Waals surface area contributed by atoms with Crippen LogP contribution in [0.4, 0.5) is 19.0 Å². The molecular formula is C27H34F3N5O3. The van der Waals surface area contributed by atoms with Gasteiger partial charge in [0.25, 0.3) is 0 Å². The molecule has 0 saturated carbocycles. The van der Waals surface area contributed by atoms with Crippen molar-refractivity contribution in [2.75, 3.05) is 18.1 Å². The van der Waals surface area contributed by atoms with E-state index in [4.69, 9.17) is 14.5 Å². The van der Waals surface area contributed by atoms with Crippen LogP contribution in [0.25, 0.3) is 11.2 Å². The summed E-state index contributed by atoms with van der Waals surface area (Å²) in [7, 11) is 1.72. The zero-order valence-corrected chi connectivity index (χ0v) is 22.2. The number of aromatic nitrogens is 4. The van der Waals surface area contributed by atoms with Gasteiger partial charge >= 0.3 is 11.9 Å². The molecule has 0 spiro atoms. The van der Waals surface area contributed by atoms with Gasteiger partial charge in [0.15, 0.2) is 5.82 Å². The minimum Gasteiger partial charge on any atom is -0.487 e. The topological polar surface area (TPSA) is 74.4 Å². The number of hydrogen-bond donors (Lipinski definition) is 0. The number of ether oxygens (including phenoxy) is 2. The molecule has 2 saturated heterocycles. The smallest absolute Gasteiger partial charge is 0.416 e. The van der Waals surface area contributed by atoms with Gasteiger partial charge in [-0.1, -0.05) is 6.92 Å². The summed E-state index contributed by atoms with van der Waals surface area (Å²) in [6.07, 6.45) is -0.337. The molecule has 3 aromatic rings. The first-order valence-corrected chi connectivity index (χ1v) is 13.2. The predicted molar refractivity (Wildman–Crippen MR) is 138 cm³/mol. The lowest BCUT2D eigenvalue weighted by atomic mass is 9.84. The molecule has 0 amide bonds. The van der Waals surface area contributed by atoms with Gasteiger partial charge < -0.3 is 18.9 Å². The van der Waals surface area contributed by atoms with Crippen LogP contribution >= 0.6 is 0 Å². The van der Waals surface area contributed by atoms with Crippen molar-refractivity contribution >= 4 is 17.0 Å². The number of anilines is 1. The number of hydrogen-bond acceptors (Lipinski definition) is 6. The maximum Gasteiger partial charge on any atom is 0.416 e. The van der Waals surface area contributed by atoms with Crippen molar-refractivity contribution in [3.8, 4) is 5.75 Å². The number of imidazole rings is 1. The van der Waals surface area contributed by atoms with Gasteiger partial charge in [-0.25, -0.2) is 9.78 Å². The van der Waals surface area contributed by atoms with Crippen LogP contribution in [0.2, 0.25) is 0 Å². The Labute approximate surface area is 219 Å². The SMILES string of the molecule is CC[C@]1(Oc2ccc(C(F)(F)F)cc2)CCN(c2nc(=O)n(C)c3c2nc(C)n3C[C@@H]2CCCO2)[C@@H](C)C1. The van der Waals surface area contributed by atoms with Crippen LogP contribution in [0.15, 0.2) is 29.1 Å². The van der Waals surface area contributed by atoms with E-state index in [2.05, 4.69) is 21.4 Å². The monoisotopic (exact) mass is 533 g/mol. The van der Waals surface area contributed by atoms with E-state index in [1.54, 1.807) is 11.6 Å². The van der Waals surface area contributed by atoms with Crippen LogP contribution in [0.5, 0.6) is 5.75 Å². The summed E-state index contributed by atoms with van der Waals surface area (Å²) in [4.78, 5) is 24.4. The van der Waals surface area contributed by atoms with Crippen LogP contribution in [-0.2, 0) is 24.5 Å². The van der Waals surface area contributed by atoms with Gasteiger partial charge in [-0.05, 0) is 57.4 Å². The quantitative estimate of drug-likeness (QED) is 0.451. The Morgan fingerprint density at radius 2 is 1.95 bits per heavy atom. The first-order chi connectivity index (χ1) is 18.0. The summed E-state index contributed by atoms with van der Waals surface area (Å²) >= 11 is 0. The van der Waals surface area contributed by atoms with Crippen molar-refractivity contribution in [1.82, 2.24) is 19.1 Å². The lowest BCUT2D eigenvalue weighted by Gasteiger charge is -2.45. The van der Waals surface area contributed by atoms with E-state index in [9.17, 15) is 18.0 Å². The van der Waals surface area contributed by atoms with Crippen LogP contribution in [0.1, 0.15) is 57.3 Å². The van der Waals surface area contributed by atoms with Gasteiger partial charge in [-0.2, -0.15) is 18.2 Å². The summed E-state index contributed by atoms with van der Waals surface area (Å²) in [5.41, 5.74) is -0.172. The second kappa shape index (κ2) is 9.91. The Morgan fingerprint density at radius 3 is 2.55 bits per heavy atom. The summed E-state index contributed by atoms with van der Waals surface area (Å²) in [5, 5.41) is 0. The highest BCUT2D eigenvalue weighted by molar-refractivity contribution is 5.84. The molecule has 11 heteroatoms. The summed E-state index contributed by atoms with van der Waals surface area (Å²) in [5.74, 6) is 1.78. The van der Waals surface area contributed by atoms with E-state index in [-0.39, 0.29) is 17.8 Å². The van der Waals surface area contributed by atoms with Gasteiger partial charge in [0.1, 0.15) is 28.3 Å². The molecule has 8 nitrogen and oxygen atoms in total. The molecule has 206 valence electrons. The molecule has 38 heavy (non-hydrogen) atoms. The lowest BCUT2D eigenvalue weighted by molar-refractivity contribution is -0.137. The molecule has 2 aliphatic heterocycles. The summed E-state index contributed by atoms with van der Waals surface area (Å²) in [6.45, 7) is 7.97. The number of halogens is 3. The molecule has 0 radical (unpaired) electrons. The Morgan fingerprint density at radius 1 is 1.21 bits per heavy atom. The number of alkyl halides is 3. The predicted octanol–water partition coefficient (Wildman–Crippen LogP) is 4.85. The van der Waals surface area contributed by atoms with Crippen LogP contribution in [0, 0.1) is 6.92 Å². The molecule has 2 aliphatic rings. The van der Waals surface area contributed by atoms with Crippen molar-refractivity contribution in [3.05, 3.63) is 46.1 Å². The van der Waals surface area contributed by atoms with E-state index in [1.807, 2.05) is 13.8 Å². The van der Waals surface area contributed by atoms with E-state index < -0.39 is 17.3 Å². The molecule has 2 fully saturated rings. The van der Waals surface area contributed by atoms with Gasteiger partial charge in [0.2, 0.25) is 0 Å². The fraction of sp³-hybridized carbons (Fsp3) is 0.593. The van der Waals surface area contributed by atoms with Crippen LogP contribution in [0.3, 0.4) is 0 Å². The Kier molecular flexibility index (Phi) is 6.91. The van der Waals surface area contributed by atoms with E-state index in [1.165, 1.54) is 12.1 Å². The van der Waals surface area contributed by atoms with Crippen molar-refractivity contribution in [2.45, 2.75) is 83.3 Å². The fourth-order valence-corrected chi connectivity index (χ4v) is 5.82. The second-order valence-electron chi connectivity index (χ2n) is 10.5. The van der Waals surface area contributed by atoms with E-state index in [0.717, 1.165) is 43.1 Å². The minimum absolute atomic E-state index is 0.0374. The molecule has 0 aliphatic carbocycles. The highest BCUT2D eigenvalue weighted by Gasteiger charge is 2.41. The number of rotatable bonds is 6. The van der Waals surface area contributed by atoms with Gasteiger partial charge in [-0.3, -0.25) is 4.57 Å². The molecule has 0 N–H and O–H groups in total. The average Bonchev–Trinajstić information content (AvgIpc) is 3.50. The van der Waals surface area contributed by atoms with E-state index in [0.29, 0.717) is 49.4 Å². The molecule has 0 bridgehead atoms. The maximum absolute atomic E-state index is 13.0. The first-order valence-electron chi connectivity index (χ1n) is 13.2. The van der Waals surface area contributed by atoms with Gasteiger partial charge in [0.05, 0.1) is 18.2 Å². The zero-order chi connectivity index (χ0) is 27.2. The molecule has 4 heterocycles. The zero-order valence-electron chi connectivity index (χ0n) is 22.2. The second-order valence-corrected chi connectivity index (χ2v) is 10.5. The highest BCUT2D eigenvalue weighted by Crippen LogP contribution is 2.38. The molecule has 1 aromatic carbocycles. The number of aryl methyl sites for hydroxylation is 2. The first kappa shape index (κ1) is 26.5. The number of piperidine rings is 1. The maximum atomic E-state index is 13.0. The summed E-state index contributed by atoms with van der Waals surface area (Å²) in [6, 6.07) is 4.82. The van der Waals surface area contributed by atoms with Crippen molar-refractivity contribution in [3.63, 3.8) is 0 Å². The standard InChI is InChI=1S/C27H34F3N5O3/c1-5-26(38-20-10-8-19(9-11-20)27(28,29)30)12-13-34(17(2)15-26)23-22-24(33(4)25(36)32-23)35(18(3)31-22)16-21-7-6-14-37-21/h8-11,17,21H,5-7,12-16H2,1-4H3/t17-,21-,26-/m0/s1. The van der Waals surface area contributed by atoms with E-state index >= 15 is 0 Å². The molecular weight excluding hydrogens is 499 g/mol. The lowest BCUT2D eigenvalue weighted by Crippen LogP contribution is -2.52. The Bertz CT molecular complexity index is 1360. The van der Waals surface area contributed by atoms with Crippen LogP contribution in [-0.4, -0.2) is 50.0 Å². The van der Waals surface area contributed by atoms with Crippen molar-refractivity contribution in [1.29, 1.82) is 0 Å². The molecule has 3 atom stereocenters. The average molecular weight is 534 g/mol. The molecule has 0 unspecified atom stereocenters. The third kappa shape index (κ3) is 4.88. The normalized spacial score (nSPS) is 24.3. The highest BCUT2D eigenvalue weighted by atomic mass is 19.4. The fourth-order valence-electron chi connectivity index (χ4n) is 5.82.